The van der Waals surface area contributed by atoms with Gasteiger partial charge in [0.25, 0.3) is 0 Å². The summed E-state index contributed by atoms with van der Waals surface area (Å²) < 4.78 is 6.55. The van der Waals surface area contributed by atoms with E-state index in [1.165, 1.54) is 0 Å². The SMILES string of the molecule is CCCCN(CCC)C(=O)NCCCOc1ccc(Br)cc1Cl. The number of ether oxygens (including phenoxy) is 1. The lowest BCUT2D eigenvalue weighted by Gasteiger charge is -2.22. The Morgan fingerprint density at radius 2 is 2.04 bits per heavy atom. The monoisotopic (exact) mass is 404 g/mol. The molecule has 0 unspecified atom stereocenters. The molecule has 0 aromatic heterocycles. The normalized spacial score (nSPS) is 10.4. The van der Waals surface area contributed by atoms with E-state index in [1.54, 1.807) is 6.07 Å². The van der Waals surface area contributed by atoms with Crippen LogP contribution in [0, 0.1) is 0 Å². The van der Waals surface area contributed by atoms with Crippen molar-refractivity contribution >= 4 is 33.6 Å². The summed E-state index contributed by atoms with van der Waals surface area (Å²) in [4.78, 5) is 14.0. The predicted octanol–water partition coefficient (Wildman–Crippen LogP) is 5.09. The first-order chi connectivity index (χ1) is 11.1. The molecule has 1 aromatic carbocycles. The van der Waals surface area contributed by atoms with Crippen molar-refractivity contribution in [3.8, 4) is 5.75 Å². The van der Waals surface area contributed by atoms with Gasteiger partial charge in [-0.1, -0.05) is 47.8 Å². The summed E-state index contributed by atoms with van der Waals surface area (Å²) in [5.74, 6) is 0.664. The Bertz CT molecular complexity index is 486. The predicted molar refractivity (Wildman–Crippen MR) is 99.4 cm³/mol. The van der Waals surface area contributed by atoms with Crippen LogP contribution in [0.5, 0.6) is 5.75 Å². The lowest BCUT2D eigenvalue weighted by Crippen LogP contribution is -2.41. The molecule has 0 fully saturated rings. The third-order valence-electron chi connectivity index (χ3n) is 3.31. The van der Waals surface area contributed by atoms with Crippen LogP contribution in [0.25, 0.3) is 0 Å². The number of unbranched alkanes of at least 4 members (excludes halogenated alkanes) is 1. The summed E-state index contributed by atoms with van der Waals surface area (Å²) in [7, 11) is 0. The molecule has 23 heavy (non-hydrogen) atoms. The van der Waals surface area contributed by atoms with E-state index in [2.05, 4.69) is 35.1 Å². The minimum atomic E-state index is 0.0157. The molecule has 1 N–H and O–H groups in total. The lowest BCUT2D eigenvalue weighted by atomic mass is 10.3. The first-order valence-corrected chi connectivity index (χ1v) is 9.36. The van der Waals surface area contributed by atoms with Crippen LogP contribution in [0.15, 0.2) is 22.7 Å². The average Bonchev–Trinajstić information content (AvgIpc) is 2.52. The fourth-order valence-electron chi connectivity index (χ4n) is 2.09. The van der Waals surface area contributed by atoms with Gasteiger partial charge in [-0.25, -0.2) is 4.79 Å². The van der Waals surface area contributed by atoms with Gasteiger partial charge in [0.2, 0.25) is 0 Å². The molecule has 0 bridgehead atoms. The smallest absolute Gasteiger partial charge is 0.317 e. The zero-order chi connectivity index (χ0) is 17.1. The first kappa shape index (κ1) is 20.1. The van der Waals surface area contributed by atoms with Crippen molar-refractivity contribution in [3.05, 3.63) is 27.7 Å². The van der Waals surface area contributed by atoms with Crippen molar-refractivity contribution in [1.29, 1.82) is 0 Å². The van der Waals surface area contributed by atoms with Gasteiger partial charge in [-0.2, -0.15) is 0 Å². The van der Waals surface area contributed by atoms with E-state index < -0.39 is 0 Å². The molecular weight excluding hydrogens is 380 g/mol. The molecule has 2 amide bonds. The third-order valence-corrected chi connectivity index (χ3v) is 4.10. The van der Waals surface area contributed by atoms with Crippen LogP contribution < -0.4 is 10.1 Å². The summed E-state index contributed by atoms with van der Waals surface area (Å²) in [6.07, 6.45) is 3.85. The summed E-state index contributed by atoms with van der Waals surface area (Å²) in [6, 6.07) is 5.54. The van der Waals surface area contributed by atoms with Crippen molar-refractivity contribution in [3.63, 3.8) is 0 Å². The van der Waals surface area contributed by atoms with Gasteiger partial charge in [-0.05, 0) is 37.5 Å². The second-order valence-corrected chi connectivity index (χ2v) is 6.67. The molecule has 0 aliphatic rings. The summed E-state index contributed by atoms with van der Waals surface area (Å²) in [6.45, 7) is 6.95. The van der Waals surface area contributed by atoms with E-state index in [4.69, 9.17) is 16.3 Å². The van der Waals surface area contributed by atoms with Gasteiger partial charge in [-0.3, -0.25) is 0 Å². The molecule has 0 aliphatic carbocycles. The van der Waals surface area contributed by atoms with E-state index in [0.29, 0.717) is 23.9 Å². The van der Waals surface area contributed by atoms with Gasteiger partial charge >= 0.3 is 6.03 Å². The van der Waals surface area contributed by atoms with Crippen LogP contribution in [0.1, 0.15) is 39.5 Å². The number of hydrogen-bond donors (Lipinski definition) is 1. The minimum Gasteiger partial charge on any atom is -0.492 e. The van der Waals surface area contributed by atoms with E-state index in [0.717, 1.165) is 43.2 Å². The molecule has 0 heterocycles. The highest BCUT2D eigenvalue weighted by molar-refractivity contribution is 9.10. The molecule has 0 saturated carbocycles. The molecule has 1 aromatic rings. The number of carbonyl (C=O) groups is 1. The number of carbonyl (C=O) groups excluding carboxylic acids is 1. The Morgan fingerprint density at radius 1 is 1.26 bits per heavy atom. The van der Waals surface area contributed by atoms with Crippen LogP contribution in [0.3, 0.4) is 0 Å². The summed E-state index contributed by atoms with van der Waals surface area (Å²) >= 11 is 9.44. The fraction of sp³-hybridized carbons (Fsp3) is 0.588. The van der Waals surface area contributed by atoms with Gasteiger partial charge in [0.05, 0.1) is 11.6 Å². The quantitative estimate of drug-likeness (QED) is 0.551. The summed E-state index contributed by atoms with van der Waals surface area (Å²) in [5.41, 5.74) is 0. The van der Waals surface area contributed by atoms with Crippen LogP contribution in [-0.4, -0.2) is 37.2 Å². The van der Waals surface area contributed by atoms with Gasteiger partial charge in [0.15, 0.2) is 0 Å². The van der Waals surface area contributed by atoms with Crippen LogP contribution in [-0.2, 0) is 0 Å². The van der Waals surface area contributed by atoms with Crippen molar-refractivity contribution in [2.75, 3.05) is 26.2 Å². The molecule has 6 heteroatoms. The highest BCUT2D eigenvalue weighted by Crippen LogP contribution is 2.27. The minimum absolute atomic E-state index is 0.0157. The van der Waals surface area contributed by atoms with Crippen LogP contribution >= 0.6 is 27.5 Å². The standard InChI is InChI=1S/C17H26BrClN2O2/c1-3-5-11-21(10-4-2)17(22)20-9-6-12-23-16-8-7-14(18)13-15(16)19/h7-8,13H,3-6,9-12H2,1-2H3,(H,20,22). The second-order valence-electron chi connectivity index (χ2n) is 5.35. The number of nitrogens with zero attached hydrogens (tertiary/aromatic N) is 1. The Kier molecular flexibility index (Phi) is 10.1. The van der Waals surface area contributed by atoms with E-state index >= 15 is 0 Å². The van der Waals surface area contributed by atoms with E-state index in [1.807, 2.05) is 17.0 Å². The fourth-order valence-corrected chi connectivity index (χ4v) is 2.82. The van der Waals surface area contributed by atoms with Gasteiger partial charge < -0.3 is 15.0 Å². The number of benzene rings is 1. The molecule has 4 nitrogen and oxygen atoms in total. The van der Waals surface area contributed by atoms with Gasteiger partial charge in [-0.15, -0.1) is 0 Å². The maximum Gasteiger partial charge on any atom is 0.317 e. The highest BCUT2D eigenvalue weighted by Gasteiger charge is 2.10. The maximum atomic E-state index is 12.1. The molecule has 0 radical (unpaired) electrons. The average molecular weight is 406 g/mol. The number of urea groups is 1. The second kappa shape index (κ2) is 11.6. The Morgan fingerprint density at radius 3 is 2.70 bits per heavy atom. The first-order valence-electron chi connectivity index (χ1n) is 8.19. The van der Waals surface area contributed by atoms with Gasteiger partial charge in [0, 0.05) is 24.1 Å². The lowest BCUT2D eigenvalue weighted by molar-refractivity contribution is 0.196. The van der Waals surface area contributed by atoms with E-state index in [9.17, 15) is 4.79 Å². The van der Waals surface area contributed by atoms with Crippen molar-refractivity contribution in [2.45, 2.75) is 39.5 Å². The maximum absolute atomic E-state index is 12.1. The largest absolute Gasteiger partial charge is 0.492 e. The molecule has 0 atom stereocenters. The van der Waals surface area contributed by atoms with Crippen LogP contribution in [0.4, 0.5) is 4.79 Å². The number of hydrogen-bond acceptors (Lipinski definition) is 2. The Hall–Kier alpha value is -0.940. The molecular formula is C17H26BrClN2O2. The molecule has 1 rings (SSSR count). The zero-order valence-corrected chi connectivity index (χ0v) is 16.3. The Labute approximate surface area is 152 Å². The summed E-state index contributed by atoms with van der Waals surface area (Å²) in [5, 5.41) is 3.53. The number of rotatable bonds is 10. The third kappa shape index (κ3) is 7.93. The molecule has 0 aliphatic heterocycles. The molecule has 0 saturated heterocycles. The Balaban J connectivity index is 2.26. The van der Waals surface area contributed by atoms with Crippen molar-refractivity contribution in [2.24, 2.45) is 0 Å². The van der Waals surface area contributed by atoms with Crippen molar-refractivity contribution in [1.82, 2.24) is 10.2 Å². The number of halogens is 2. The highest BCUT2D eigenvalue weighted by atomic mass is 79.9. The molecule has 130 valence electrons. The zero-order valence-electron chi connectivity index (χ0n) is 13.9. The van der Waals surface area contributed by atoms with Crippen molar-refractivity contribution < 1.29 is 9.53 Å². The van der Waals surface area contributed by atoms with E-state index in [-0.39, 0.29) is 6.03 Å². The number of amides is 2. The molecule has 0 spiro atoms. The topological polar surface area (TPSA) is 41.6 Å². The van der Waals surface area contributed by atoms with Gasteiger partial charge in [0.1, 0.15) is 5.75 Å². The van der Waals surface area contributed by atoms with Crippen LogP contribution in [0.2, 0.25) is 5.02 Å². The number of nitrogens with one attached hydrogen (secondary N) is 1.